The van der Waals surface area contributed by atoms with Crippen molar-refractivity contribution >= 4 is 11.6 Å². The van der Waals surface area contributed by atoms with Crippen LogP contribution in [0.1, 0.15) is 12.5 Å². The zero-order chi connectivity index (χ0) is 20.5. The summed E-state index contributed by atoms with van der Waals surface area (Å²) in [7, 11) is 0. The van der Waals surface area contributed by atoms with Crippen LogP contribution in [-0.2, 0) is 6.54 Å². The molecule has 8 heteroatoms. The van der Waals surface area contributed by atoms with Gasteiger partial charge >= 0.3 is 0 Å². The first-order chi connectivity index (χ1) is 14.7. The van der Waals surface area contributed by atoms with E-state index in [1.54, 1.807) is 10.8 Å². The molecule has 1 aromatic carbocycles. The summed E-state index contributed by atoms with van der Waals surface area (Å²) in [5.41, 5.74) is 10.0. The fourth-order valence-corrected chi connectivity index (χ4v) is 3.97. The number of nitrogen functional groups attached to an aromatic ring is 1. The van der Waals surface area contributed by atoms with Crippen molar-refractivity contribution in [2.75, 3.05) is 38.5 Å². The molecule has 30 heavy (non-hydrogen) atoms. The lowest BCUT2D eigenvalue weighted by atomic mass is 10.0. The molecule has 0 unspecified atom stereocenters. The number of nitrogens with two attached hydrogens (primary N) is 1. The van der Waals surface area contributed by atoms with Gasteiger partial charge in [-0.2, -0.15) is 4.52 Å². The first kappa shape index (κ1) is 18.8. The van der Waals surface area contributed by atoms with Crippen molar-refractivity contribution in [3.8, 4) is 22.8 Å². The van der Waals surface area contributed by atoms with Gasteiger partial charge in [-0.15, -0.1) is 5.10 Å². The number of nitrogens with zero attached hydrogens (tertiary/aromatic N) is 6. The Labute approximate surface area is 174 Å². The Kier molecular flexibility index (Phi) is 4.94. The minimum Gasteiger partial charge on any atom is -0.461 e. The van der Waals surface area contributed by atoms with E-state index in [-0.39, 0.29) is 0 Å². The van der Waals surface area contributed by atoms with Crippen LogP contribution < -0.4 is 5.73 Å². The zero-order valence-electron chi connectivity index (χ0n) is 17.0. The second-order valence-corrected chi connectivity index (χ2v) is 7.55. The number of anilines is 1. The van der Waals surface area contributed by atoms with Crippen LogP contribution >= 0.6 is 0 Å². The number of furan rings is 1. The number of fused-ring (bicyclic) bond motifs is 1. The number of aromatic nitrogens is 4. The quantitative estimate of drug-likeness (QED) is 0.548. The van der Waals surface area contributed by atoms with E-state index in [1.165, 1.54) is 5.56 Å². The van der Waals surface area contributed by atoms with Crippen LogP contribution in [-0.4, -0.2) is 62.1 Å². The lowest BCUT2D eigenvalue weighted by Gasteiger charge is -2.34. The van der Waals surface area contributed by atoms with Crippen LogP contribution in [0.2, 0.25) is 0 Å². The lowest BCUT2D eigenvalue weighted by molar-refractivity contribution is 0.132. The first-order valence-electron chi connectivity index (χ1n) is 10.3. The molecule has 3 aromatic heterocycles. The van der Waals surface area contributed by atoms with Crippen LogP contribution in [0.3, 0.4) is 0 Å². The molecule has 0 spiro atoms. The van der Waals surface area contributed by atoms with Crippen molar-refractivity contribution in [2.24, 2.45) is 0 Å². The Morgan fingerprint density at radius 3 is 2.57 bits per heavy atom. The maximum absolute atomic E-state index is 6.23. The third kappa shape index (κ3) is 3.55. The number of hydrogen-bond acceptors (Lipinski definition) is 7. The smallest absolute Gasteiger partial charge is 0.223 e. The third-order valence-electron chi connectivity index (χ3n) is 5.69. The highest BCUT2D eigenvalue weighted by atomic mass is 16.3. The summed E-state index contributed by atoms with van der Waals surface area (Å²) in [4.78, 5) is 14.2. The molecule has 4 heterocycles. The van der Waals surface area contributed by atoms with Crippen molar-refractivity contribution < 1.29 is 4.42 Å². The Morgan fingerprint density at radius 2 is 1.80 bits per heavy atom. The van der Waals surface area contributed by atoms with Gasteiger partial charge in [0.2, 0.25) is 11.8 Å². The first-order valence-corrected chi connectivity index (χ1v) is 10.3. The normalized spacial score (nSPS) is 15.8. The van der Waals surface area contributed by atoms with Crippen molar-refractivity contribution in [1.29, 1.82) is 0 Å². The monoisotopic (exact) mass is 403 g/mol. The van der Waals surface area contributed by atoms with Crippen molar-refractivity contribution in [3.05, 3.63) is 54.3 Å². The zero-order valence-corrected chi connectivity index (χ0v) is 17.0. The number of hydrogen-bond donors (Lipinski definition) is 1. The number of benzene rings is 1. The Hall–Kier alpha value is -3.23. The van der Waals surface area contributed by atoms with E-state index in [0.29, 0.717) is 23.2 Å². The second kappa shape index (κ2) is 7.89. The molecule has 0 bridgehead atoms. The summed E-state index contributed by atoms with van der Waals surface area (Å²) in [6, 6.07) is 14.0. The van der Waals surface area contributed by atoms with E-state index < -0.39 is 0 Å². The lowest BCUT2D eigenvalue weighted by Crippen LogP contribution is -2.45. The number of rotatable bonds is 5. The molecule has 0 radical (unpaired) electrons. The molecule has 8 nitrogen and oxygen atoms in total. The Bertz CT molecular complexity index is 1140. The molecule has 0 atom stereocenters. The van der Waals surface area contributed by atoms with E-state index in [2.05, 4.69) is 50.0 Å². The van der Waals surface area contributed by atoms with Gasteiger partial charge < -0.3 is 15.1 Å². The fourth-order valence-electron chi connectivity index (χ4n) is 3.97. The van der Waals surface area contributed by atoms with Gasteiger partial charge in [0.05, 0.1) is 12.0 Å². The highest BCUT2D eigenvalue weighted by molar-refractivity contribution is 5.69. The molecule has 0 saturated carbocycles. The van der Waals surface area contributed by atoms with Crippen LogP contribution in [0.4, 0.5) is 5.95 Å². The molecular weight excluding hydrogens is 378 g/mol. The molecule has 0 aliphatic carbocycles. The average Bonchev–Trinajstić information content (AvgIpc) is 3.45. The maximum Gasteiger partial charge on any atom is 0.223 e. The Morgan fingerprint density at radius 1 is 1.00 bits per heavy atom. The topological polar surface area (TPSA) is 88.7 Å². The van der Waals surface area contributed by atoms with Crippen LogP contribution in [0.25, 0.3) is 28.5 Å². The molecule has 1 fully saturated rings. The van der Waals surface area contributed by atoms with Crippen molar-refractivity contribution in [1.82, 2.24) is 29.4 Å². The molecule has 5 rings (SSSR count). The van der Waals surface area contributed by atoms with Gasteiger partial charge in [-0.05, 0) is 24.2 Å². The fraction of sp³-hybridized carbons (Fsp3) is 0.318. The minimum absolute atomic E-state index is 0.305. The van der Waals surface area contributed by atoms with Crippen molar-refractivity contribution in [2.45, 2.75) is 13.5 Å². The van der Waals surface area contributed by atoms with Gasteiger partial charge in [-0.25, -0.2) is 9.97 Å². The highest BCUT2D eigenvalue weighted by Crippen LogP contribution is 2.26. The molecule has 154 valence electrons. The summed E-state index contributed by atoms with van der Waals surface area (Å²) in [5, 5.41) is 4.43. The summed E-state index contributed by atoms with van der Waals surface area (Å²) in [6.07, 6.45) is 1.60. The molecule has 4 aromatic rings. The van der Waals surface area contributed by atoms with Crippen LogP contribution in [0, 0.1) is 0 Å². The number of likely N-dealkylation sites (N-methyl/N-ethyl adjacent to an activating group) is 1. The van der Waals surface area contributed by atoms with E-state index in [9.17, 15) is 0 Å². The highest BCUT2D eigenvalue weighted by Gasteiger charge is 2.18. The molecule has 1 aliphatic heterocycles. The van der Waals surface area contributed by atoms with Crippen LogP contribution in [0.5, 0.6) is 0 Å². The summed E-state index contributed by atoms with van der Waals surface area (Å²) >= 11 is 0. The van der Waals surface area contributed by atoms with Crippen LogP contribution in [0.15, 0.2) is 53.1 Å². The van der Waals surface area contributed by atoms with Gasteiger partial charge in [0, 0.05) is 44.4 Å². The van der Waals surface area contributed by atoms with E-state index in [4.69, 9.17) is 10.2 Å². The summed E-state index contributed by atoms with van der Waals surface area (Å²) < 4.78 is 6.96. The predicted octanol–water partition coefficient (Wildman–Crippen LogP) is 2.77. The van der Waals surface area contributed by atoms with E-state index >= 15 is 0 Å². The van der Waals surface area contributed by atoms with Gasteiger partial charge in [0.15, 0.2) is 11.4 Å². The SMILES string of the molecule is CCN1CCN(Cc2ccccc2-c2cc3nc(-c4ccco4)nn3c(N)n2)CC1. The number of piperazine rings is 1. The van der Waals surface area contributed by atoms with Gasteiger partial charge in [-0.3, -0.25) is 4.90 Å². The van der Waals surface area contributed by atoms with Crippen molar-refractivity contribution in [3.63, 3.8) is 0 Å². The van der Waals surface area contributed by atoms with Gasteiger partial charge in [-0.1, -0.05) is 31.2 Å². The van der Waals surface area contributed by atoms with E-state index in [1.807, 2.05) is 24.3 Å². The molecule has 0 amide bonds. The summed E-state index contributed by atoms with van der Waals surface area (Å²) in [5.74, 6) is 1.40. The third-order valence-corrected chi connectivity index (χ3v) is 5.69. The molecule has 1 saturated heterocycles. The molecule has 2 N–H and O–H groups in total. The largest absolute Gasteiger partial charge is 0.461 e. The van der Waals surface area contributed by atoms with Gasteiger partial charge in [0.25, 0.3) is 0 Å². The predicted molar refractivity (Wildman–Crippen MR) is 116 cm³/mol. The average molecular weight is 403 g/mol. The minimum atomic E-state index is 0.305. The van der Waals surface area contributed by atoms with E-state index in [0.717, 1.165) is 50.5 Å². The second-order valence-electron chi connectivity index (χ2n) is 7.55. The molecular formula is C22H25N7O. The maximum atomic E-state index is 6.23. The molecule has 1 aliphatic rings. The standard InChI is InChI=1S/C22H25N7O/c1-2-27-9-11-28(12-10-27)15-16-6-3-4-7-17(16)18-14-20-25-21(19-8-5-13-30-19)26-29(20)22(23)24-18/h3-8,13-14H,2,9-12,15H2,1H3,(H2,23,24). The Balaban J connectivity index is 1.47. The summed E-state index contributed by atoms with van der Waals surface area (Å²) in [6.45, 7) is 8.62. The van der Waals surface area contributed by atoms with Gasteiger partial charge in [0.1, 0.15) is 0 Å².